The molecule has 0 aliphatic heterocycles. The summed E-state index contributed by atoms with van der Waals surface area (Å²) in [5.41, 5.74) is -2.94. The molecule has 2 N–H and O–H groups in total. The van der Waals surface area contributed by atoms with Crippen LogP contribution < -0.4 is 0 Å². The van der Waals surface area contributed by atoms with Gasteiger partial charge >= 0.3 is 23.9 Å². The summed E-state index contributed by atoms with van der Waals surface area (Å²) in [6.45, 7) is 16.1. The lowest BCUT2D eigenvalue weighted by molar-refractivity contribution is -0.161. The molecule has 2 aliphatic carbocycles. The fraction of sp³-hybridized carbons (Fsp3) is 0.750. The Morgan fingerprint density at radius 2 is 1.28 bits per heavy atom. The topological polar surface area (TPSA) is 127 Å². The molecule has 2 saturated carbocycles. The van der Waals surface area contributed by atoms with Crippen LogP contribution in [0.1, 0.15) is 80.6 Å². The lowest BCUT2D eigenvalue weighted by Gasteiger charge is -2.21. The number of ether oxygens (including phenoxy) is 2. The predicted octanol–water partition coefficient (Wildman–Crippen LogP) is 4.21. The third kappa shape index (κ3) is 7.35. The molecule has 8 nitrogen and oxygen atoms in total. The monoisotopic (exact) mass is 454 g/mol. The number of aliphatic carboxylic acids is 2. The van der Waals surface area contributed by atoms with Gasteiger partial charge in [-0.05, 0) is 66.2 Å². The van der Waals surface area contributed by atoms with Gasteiger partial charge in [0, 0.05) is 0 Å². The maximum absolute atomic E-state index is 11.6. The van der Waals surface area contributed by atoms with E-state index in [2.05, 4.69) is 6.58 Å². The van der Waals surface area contributed by atoms with E-state index in [1.54, 1.807) is 47.6 Å². The van der Waals surface area contributed by atoms with Gasteiger partial charge in [0.2, 0.25) is 0 Å². The molecule has 0 saturated heterocycles. The van der Waals surface area contributed by atoms with Crippen LogP contribution in [0.5, 0.6) is 0 Å². The molecular weight excluding hydrogens is 416 g/mol. The average Bonchev–Trinajstić information content (AvgIpc) is 3.46. The first-order chi connectivity index (χ1) is 14.4. The molecule has 0 aromatic rings. The summed E-state index contributed by atoms with van der Waals surface area (Å²) in [5.74, 6) is -2.67. The molecule has 0 unspecified atom stereocenters. The molecule has 8 heteroatoms. The SMILES string of the molecule is C=C[C@@H]1C[C@]1(CC(=O)OC(C)(C)C)C(=O)O.CC[C@@H]1C[C@]1(CC(=O)OC(C)(C)C)C(=O)O. The highest BCUT2D eigenvalue weighted by molar-refractivity contribution is 5.86. The van der Waals surface area contributed by atoms with Gasteiger partial charge in [-0.3, -0.25) is 19.2 Å². The zero-order valence-corrected chi connectivity index (χ0v) is 20.3. The van der Waals surface area contributed by atoms with E-state index in [1.807, 2.05) is 6.92 Å². The normalized spacial score (nSPS) is 28.5. The lowest BCUT2D eigenvalue weighted by atomic mass is 9.98. The van der Waals surface area contributed by atoms with Gasteiger partial charge in [-0.15, -0.1) is 6.58 Å². The van der Waals surface area contributed by atoms with Gasteiger partial charge in [0.25, 0.3) is 0 Å². The van der Waals surface area contributed by atoms with E-state index in [0.717, 1.165) is 6.42 Å². The fourth-order valence-electron chi connectivity index (χ4n) is 3.91. The number of allylic oxidation sites excluding steroid dienone is 1. The Kier molecular flexibility index (Phi) is 8.32. The van der Waals surface area contributed by atoms with Crippen LogP contribution in [0, 0.1) is 22.7 Å². The Labute approximate surface area is 190 Å². The average molecular weight is 455 g/mol. The van der Waals surface area contributed by atoms with E-state index in [1.165, 1.54) is 0 Å². The molecule has 32 heavy (non-hydrogen) atoms. The summed E-state index contributed by atoms with van der Waals surface area (Å²) in [7, 11) is 0. The minimum atomic E-state index is -0.968. The molecule has 182 valence electrons. The second-order valence-electron chi connectivity index (χ2n) is 10.8. The predicted molar refractivity (Wildman–Crippen MR) is 118 cm³/mol. The van der Waals surface area contributed by atoms with E-state index in [0.29, 0.717) is 12.8 Å². The molecule has 0 aromatic carbocycles. The van der Waals surface area contributed by atoms with E-state index < -0.39 is 45.9 Å². The largest absolute Gasteiger partial charge is 0.481 e. The number of carboxylic acid groups (broad SMARTS) is 2. The van der Waals surface area contributed by atoms with Crippen molar-refractivity contribution in [3.8, 4) is 0 Å². The van der Waals surface area contributed by atoms with Crippen LogP contribution in [-0.4, -0.2) is 45.3 Å². The van der Waals surface area contributed by atoms with Gasteiger partial charge in [0.05, 0.1) is 23.7 Å². The summed E-state index contributed by atoms with van der Waals surface area (Å²) in [5, 5.41) is 18.2. The highest BCUT2D eigenvalue weighted by Crippen LogP contribution is 2.57. The molecule has 0 aromatic heterocycles. The molecule has 2 rings (SSSR count). The second kappa shape index (κ2) is 9.63. The quantitative estimate of drug-likeness (QED) is 0.412. The lowest BCUT2D eigenvalue weighted by Crippen LogP contribution is -2.28. The Morgan fingerprint density at radius 1 is 0.875 bits per heavy atom. The van der Waals surface area contributed by atoms with Crippen LogP contribution >= 0.6 is 0 Å². The highest BCUT2D eigenvalue weighted by atomic mass is 16.6. The van der Waals surface area contributed by atoms with Crippen molar-refractivity contribution in [2.24, 2.45) is 22.7 Å². The van der Waals surface area contributed by atoms with Gasteiger partial charge in [-0.1, -0.05) is 19.4 Å². The number of rotatable bonds is 8. The Balaban J connectivity index is 0.000000320. The number of carboxylic acids is 2. The fourth-order valence-corrected chi connectivity index (χ4v) is 3.91. The molecule has 0 amide bonds. The standard InChI is InChI=1S/C12H20O4.C12H18O4/c2*1-5-8-6-12(8,10(14)15)7-9(13)16-11(2,3)4/h8H,5-7H2,1-4H3,(H,14,15);5,8H,1,6-7H2,2-4H3,(H,14,15)/t2*8-,12-/m11/s1. The number of carbonyl (C=O) groups is 4. The Morgan fingerprint density at radius 3 is 1.53 bits per heavy atom. The van der Waals surface area contributed by atoms with Gasteiger partial charge in [-0.25, -0.2) is 0 Å². The minimum Gasteiger partial charge on any atom is -0.481 e. The molecule has 0 spiro atoms. The molecule has 0 bridgehead atoms. The third-order valence-electron chi connectivity index (χ3n) is 5.75. The Hall–Kier alpha value is -2.38. The first-order valence-corrected chi connectivity index (χ1v) is 11.0. The summed E-state index contributed by atoms with van der Waals surface area (Å²) in [4.78, 5) is 45.4. The van der Waals surface area contributed by atoms with E-state index in [-0.39, 0.29) is 24.7 Å². The van der Waals surface area contributed by atoms with Gasteiger partial charge in [0.1, 0.15) is 11.2 Å². The molecule has 2 fully saturated rings. The van der Waals surface area contributed by atoms with Crippen molar-refractivity contribution in [2.45, 2.75) is 91.8 Å². The van der Waals surface area contributed by atoms with Crippen molar-refractivity contribution >= 4 is 23.9 Å². The molecular formula is C24H38O8. The number of esters is 2. The summed E-state index contributed by atoms with van der Waals surface area (Å²) in [6, 6.07) is 0. The summed E-state index contributed by atoms with van der Waals surface area (Å²) < 4.78 is 10.3. The zero-order valence-electron chi connectivity index (χ0n) is 20.3. The van der Waals surface area contributed by atoms with Crippen LogP contribution in [0.4, 0.5) is 0 Å². The van der Waals surface area contributed by atoms with Crippen molar-refractivity contribution < 1.29 is 38.9 Å². The van der Waals surface area contributed by atoms with E-state index >= 15 is 0 Å². The number of hydrogen-bond acceptors (Lipinski definition) is 6. The second-order valence-corrected chi connectivity index (χ2v) is 10.8. The van der Waals surface area contributed by atoms with Crippen LogP contribution in [0.2, 0.25) is 0 Å². The van der Waals surface area contributed by atoms with Gasteiger partial charge < -0.3 is 19.7 Å². The van der Waals surface area contributed by atoms with Crippen LogP contribution in [0.25, 0.3) is 0 Å². The first-order valence-electron chi connectivity index (χ1n) is 11.0. The Bertz CT molecular complexity index is 757. The van der Waals surface area contributed by atoms with E-state index in [9.17, 15) is 19.2 Å². The maximum Gasteiger partial charge on any atom is 0.310 e. The molecule has 0 radical (unpaired) electrons. The molecule has 0 heterocycles. The van der Waals surface area contributed by atoms with E-state index in [4.69, 9.17) is 19.7 Å². The van der Waals surface area contributed by atoms with Crippen molar-refractivity contribution in [2.75, 3.05) is 0 Å². The van der Waals surface area contributed by atoms with Gasteiger partial charge in [0.15, 0.2) is 0 Å². The minimum absolute atomic E-state index is 0.00188. The number of hydrogen-bond donors (Lipinski definition) is 2. The zero-order chi connectivity index (χ0) is 25.1. The van der Waals surface area contributed by atoms with Crippen molar-refractivity contribution in [3.63, 3.8) is 0 Å². The van der Waals surface area contributed by atoms with Crippen molar-refractivity contribution in [3.05, 3.63) is 12.7 Å². The summed E-state index contributed by atoms with van der Waals surface area (Å²) >= 11 is 0. The number of carbonyl (C=O) groups excluding carboxylic acids is 2. The first kappa shape index (κ1) is 27.7. The van der Waals surface area contributed by atoms with Crippen molar-refractivity contribution in [1.82, 2.24) is 0 Å². The summed E-state index contributed by atoms with van der Waals surface area (Å²) in [6.07, 6.45) is 3.39. The molecule has 4 atom stereocenters. The van der Waals surface area contributed by atoms with Crippen molar-refractivity contribution in [1.29, 1.82) is 0 Å². The highest BCUT2D eigenvalue weighted by Gasteiger charge is 2.61. The smallest absolute Gasteiger partial charge is 0.310 e. The maximum atomic E-state index is 11.6. The van der Waals surface area contributed by atoms with Crippen LogP contribution in [0.3, 0.4) is 0 Å². The molecule has 2 aliphatic rings. The van der Waals surface area contributed by atoms with Crippen LogP contribution in [0.15, 0.2) is 12.7 Å². The van der Waals surface area contributed by atoms with Gasteiger partial charge in [-0.2, -0.15) is 0 Å². The third-order valence-corrected chi connectivity index (χ3v) is 5.75. The van der Waals surface area contributed by atoms with Crippen LogP contribution in [-0.2, 0) is 28.7 Å².